The Labute approximate surface area is 193 Å². The molecule has 0 spiro atoms. The molecule has 0 radical (unpaired) electrons. The maximum Gasteiger partial charge on any atom is 0.143 e. The number of pyridine rings is 1. The van der Waals surface area contributed by atoms with Gasteiger partial charge in [-0.1, -0.05) is 6.07 Å². The normalized spacial score (nSPS) is 22.1. The molecule has 0 amide bonds. The van der Waals surface area contributed by atoms with Crippen molar-refractivity contribution in [1.29, 1.82) is 0 Å². The molecule has 1 saturated carbocycles. The first kappa shape index (κ1) is 20.6. The van der Waals surface area contributed by atoms with Crippen LogP contribution in [0.25, 0.3) is 33.1 Å². The van der Waals surface area contributed by atoms with Crippen LogP contribution in [0.4, 0.5) is 5.82 Å². The lowest BCUT2D eigenvalue weighted by molar-refractivity contribution is 0.00791. The van der Waals surface area contributed by atoms with Crippen molar-refractivity contribution in [3.63, 3.8) is 0 Å². The summed E-state index contributed by atoms with van der Waals surface area (Å²) < 4.78 is 5.53. The first-order valence-electron chi connectivity index (χ1n) is 12.0. The van der Waals surface area contributed by atoms with E-state index in [0.717, 1.165) is 66.9 Å². The minimum absolute atomic E-state index is 0.441. The van der Waals surface area contributed by atoms with Gasteiger partial charge in [0.1, 0.15) is 17.8 Å². The number of ether oxygens (including phenoxy) is 1. The van der Waals surface area contributed by atoms with Gasteiger partial charge in [0.15, 0.2) is 0 Å². The van der Waals surface area contributed by atoms with Crippen LogP contribution in [-0.2, 0) is 4.74 Å². The van der Waals surface area contributed by atoms with Gasteiger partial charge in [-0.05, 0) is 67.5 Å². The summed E-state index contributed by atoms with van der Waals surface area (Å²) in [6.45, 7) is 6.00. The molecule has 3 aromatic heterocycles. The molecule has 6 rings (SSSR count). The third kappa shape index (κ3) is 3.96. The van der Waals surface area contributed by atoms with Crippen molar-refractivity contribution in [2.45, 2.75) is 44.7 Å². The third-order valence-electron chi connectivity index (χ3n) is 7.32. The number of H-pyrrole nitrogens is 1. The molecule has 1 aliphatic carbocycles. The van der Waals surface area contributed by atoms with E-state index in [2.05, 4.69) is 61.3 Å². The average molecular weight is 443 g/mol. The summed E-state index contributed by atoms with van der Waals surface area (Å²) in [6, 6.07) is 9.76. The predicted molar refractivity (Wildman–Crippen MR) is 131 cm³/mol. The summed E-state index contributed by atoms with van der Waals surface area (Å²) in [4.78, 5) is 19.5. The summed E-state index contributed by atoms with van der Waals surface area (Å²) in [6.07, 6.45) is 10.2. The lowest BCUT2D eigenvalue weighted by atomic mass is 9.90. The quantitative estimate of drug-likeness (QED) is 0.483. The molecular formula is C26H30N6O. The molecule has 170 valence electrons. The summed E-state index contributed by atoms with van der Waals surface area (Å²) >= 11 is 0. The highest BCUT2D eigenvalue weighted by atomic mass is 16.5. The van der Waals surface area contributed by atoms with E-state index >= 15 is 0 Å². The maximum absolute atomic E-state index is 5.53. The fraction of sp³-hybridized carbons (Fsp3) is 0.423. The van der Waals surface area contributed by atoms with Crippen LogP contribution in [0, 0.1) is 6.92 Å². The fourth-order valence-corrected chi connectivity index (χ4v) is 5.52. The van der Waals surface area contributed by atoms with Crippen LogP contribution < -0.4 is 5.32 Å². The van der Waals surface area contributed by atoms with Gasteiger partial charge in [0, 0.05) is 48.5 Å². The van der Waals surface area contributed by atoms with Crippen LogP contribution in [-0.4, -0.2) is 63.2 Å². The van der Waals surface area contributed by atoms with Gasteiger partial charge in [-0.2, -0.15) is 0 Å². The number of nitrogens with one attached hydrogen (secondary N) is 2. The van der Waals surface area contributed by atoms with Crippen molar-refractivity contribution >= 4 is 27.8 Å². The summed E-state index contributed by atoms with van der Waals surface area (Å²) in [7, 11) is 0. The van der Waals surface area contributed by atoms with Crippen LogP contribution in [0.5, 0.6) is 0 Å². The smallest absolute Gasteiger partial charge is 0.143 e. The molecular weight excluding hydrogens is 412 g/mol. The van der Waals surface area contributed by atoms with Crippen molar-refractivity contribution < 1.29 is 4.74 Å². The van der Waals surface area contributed by atoms with Crippen LogP contribution in [0.1, 0.15) is 31.2 Å². The molecule has 33 heavy (non-hydrogen) atoms. The molecule has 2 N–H and O–H groups in total. The number of aromatic nitrogens is 4. The number of rotatable bonds is 4. The number of anilines is 1. The minimum Gasteiger partial charge on any atom is -0.379 e. The molecule has 0 unspecified atom stereocenters. The van der Waals surface area contributed by atoms with Gasteiger partial charge in [-0.25, -0.2) is 9.97 Å². The zero-order valence-electron chi connectivity index (χ0n) is 19.1. The monoisotopic (exact) mass is 442 g/mol. The van der Waals surface area contributed by atoms with Crippen LogP contribution >= 0.6 is 0 Å². The second-order valence-corrected chi connectivity index (χ2v) is 9.32. The van der Waals surface area contributed by atoms with Crippen LogP contribution in [0.3, 0.4) is 0 Å². The molecule has 7 heteroatoms. The van der Waals surface area contributed by atoms with Crippen molar-refractivity contribution in [2.75, 3.05) is 31.6 Å². The Morgan fingerprint density at radius 2 is 1.91 bits per heavy atom. The maximum atomic E-state index is 5.53. The van der Waals surface area contributed by atoms with E-state index in [1.165, 1.54) is 29.5 Å². The summed E-state index contributed by atoms with van der Waals surface area (Å²) in [5, 5.41) is 6.01. The molecule has 4 aromatic rings. The van der Waals surface area contributed by atoms with Crippen LogP contribution in [0.2, 0.25) is 0 Å². The topological polar surface area (TPSA) is 79.0 Å². The number of fused-ring (bicyclic) bond motifs is 3. The van der Waals surface area contributed by atoms with Crippen molar-refractivity contribution in [1.82, 2.24) is 24.8 Å². The molecule has 0 bridgehead atoms. The van der Waals surface area contributed by atoms with E-state index < -0.39 is 0 Å². The number of hydrogen-bond donors (Lipinski definition) is 2. The zero-order valence-corrected chi connectivity index (χ0v) is 19.1. The largest absolute Gasteiger partial charge is 0.379 e. The van der Waals surface area contributed by atoms with Gasteiger partial charge in [0.2, 0.25) is 0 Å². The van der Waals surface area contributed by atoms with Gasteiger partial charge < -0.3 is 15.0 Å². The van der Waals surface area contributed by atoms with Gasteiger partial charge in [0.05, 0.1) is 18.6 Å². The SMILES string of the molecule is Cc1cnccc1-c1ccc2[nH]c3ncnc(N[C@H]4CC[C@H](N5CCOCC5)CC4)c3c2c1. The number of morpholine rings is 1. The van der Waals surface area contributed by atoms with Crippen molar-refractivity contribution in [3.05, 3.63) is 48.5 Å². The number of aryl methyl sites for hydroxylation is 1. The highest BCUT2D eigenvalue weighted by molar-refractivity contribution is 6.12. The molecule has 1 aromatic carbocycles. The Balaban J connectivity index is 1.28. The highest BCUT2D eigenvalue weighted by Crippen LogP contribution is 2.34. The number of benzene rings is 1. The fourth-order valence-electron chi connectivity index (χ4n) is 5.52. The third-order valence-corrected chi connectivity index (χ3v) is 7.32. The van der Waals surface area contributed by atoms with Crippen molar-refractivity contribution in [2.24, 2.45) is 0 Å². The number of aromatic amines is 1. The zero-order chi connectivity index (χ0) is 22.2. The Bertz CT molecular complexity index is 1270. The number of hydrogen-bond acceptors (Lipinski definition) is 6. The van der Waals surface area contributed by atoms with Crippen molar-refractivity contribution in [3.8, 4) is 11.1 Å². The lowest BCUT2D eigenvalue weighted by Crippen LogP contribution is -2.46. The Morgan fingerprint density at radius 1 is 1.06 bits per heavy atom. The van der Waals surface area contributed by atoms with E-state index in [0.29, 0.717) is 12.1 Å². The Hall–Kier alpha value is -3.03. The second kappa shape index (κ2) is 8.72. The van der Waals surface area contributed by atoms with Gasteiger partial charge in [-0.3, -0.25) is 9.88 Å². The van der Waals surface area contributed by atoms with E-state index in [9.17, 15) is 0 Å². The first-order valence-corrected chi connectivity index (χ1v) is 12.0. The number of nitrogens with zero attached hydrogens (tertiary/aromatic N) is 4. The van der Waals surface area contributed by atoms with E-state index in [-0.39, 0.29) is 0 Å². The van der Waals surface area contributed by atoms with E-state index in [1.54, 1.807) is 6.33 Å². The standard InChI is InChI=1S/C26H30N6O/c1-17-15-27-9-8-21(17)18-2-7-23-22(14-18)24-25(28-16-29-26(24)31-23)30-19-3-5-20(6-4-19)32-10-12-33-13-11-32/h2,7-9,14-16,19-20H,3-6,10-13H2,1H3,(H2,28,29,30,31)/t19-,20-. The molecule has 7 nitrogen and oxygen atoms in total. The molecule has 1 saturated heterocycles. The second-order valence-electron chi connectivity index (χ2n) is 9.32. The van der Waals surface area contributed by atoms with E-state index in [4.69, 9.17) is 4.74 Å². The van der Waals surface area contributed by atoms with E-state index in [1.807, 2.05) is 12.4 Å². The first-order chi connectivity index (χ1) is 16.3. The Kier molecular flexibility index (Phi) is 5.44. The molecule has 2 fully saturated rings. The molecule has 0 atom stereocenters. The molecule has 1 aliphatic heterocycles. The minimum atomic E-state index is 0.441. The van der Waals surface area contributed by atoms with Crippen LogP contribution in [0.15, 0.2) is 43.0 Å². The summed E-state index contributed by atoms with van der Waals surface area (Å²) in [5.41, 5.74) is 5.52. The van der Waals surface area contributed by atoms with Gasteiger partial charge in [-0.15, -0.1) is 0 Å². The average Bonchev–Trinajstić information content (AvgIpc) is 3.24. The van der Waals surface area contributed by atoms with Gasteiger partial charge in [0.25, 0.3) is 0 Å². The predicted octanol–water partition coefficient (Wildman–Crippen LogP) is 4.54. The summed E-state index contributed by atoms with van der Waals surface area (Å²) in [5.74, 6) is 0.935. The lowest BCUT2D eigenvalue weighted by Gasteiger charge is -2.39. The molecule has 4 heterocycles. The Morgan fingerprint density at radius 3 is 2.73 bits per heavy atom. The van der Waals surface area contributed by atoms with Gasteiger partial charge >= 0.3 is 0 Å². The molecule has 2 aliphatic rings. The highest BCUT2D eigenvalue weighted by Gasteiger charge is 2.27.